The minimum atomic E-state index is 0.667. The number of fused-ring (bicyclic) bond motifs is 6. The van der Waals surface area contributed by atoms with Crippen molar-refractivity contribution < 1.29 is 4.42 Å². The van der Waals surface area contributed by atoms with Crippen LogP contribution in [0.15, 0.2) is 229 Å². The van der Waals surface area contributed by atoms with Crippen LogP contribution in [0.25, 0.3) is 122 Å². The fourth-order valence-electron chi connectivity index (χ4n) is 9.08. The standard InChI is InChI=1S/C59H37N3O/c1-4-17-38(18-5-1)41-23-14-26-44(33-41)52-37-51(39-19-6-2-7-20-39)61-59(62-52)46-28-16-25-43(35-46)42-24-15-27-45(34-42)58-49-36-54-57(48-30-11-13-32-53(48)63-54)55(40-21-8-3-9-22-40)56(49)47-29-10-12-31-50(47)60-58/h1-37H. The zero-order chi connectivity index (χ0) is 41.7. The Labute approximate surface area is 364 Å². The third-order valence-corrected chi connectivity index (χ3v) is 12.0. The molecule has 3 heterocycles. The van der Waals surface area contributed by atoms with E-state index in [1.807, 2.05) is 18.2 Å². The van der Waals surface area contributed by atoms with Gasteiger partial charge in [-0.05, 0) is 70.3 Å². The highest BCUT2D eigenvalue weighted by atomic mass is 16.3. The highest BCUT2D eigenvalue weighted by Gasteiger charge is 2.22. The molecule has 3 aromatic heterocycles. The number of aromatic nitrogens is 3. The molecule has 0 unspecified atom stereocenters. The quantitative estimate of drug-likeness (QED) is 0.151. The van der Waals surface area contributed by atoms with Gasteiger partial charge in [0, 0.05) is 54.7 Å². The van der Waals surface area contributed by atoms with Crippen LogP contribution >= 0.6 is 0 Å². The molecule has 0 bridgehead atoms. The van der Waals surface area contributed by atoms with Crippen LogP contribution in [0.1, 0.15) is 0 Å². The second-order valence-corrected chi connectivity index (χ2v) is 15.9. The molecule has 0 spiro atoms. The fraction of sp³-hybridized carbons (Fsp3) is 0. The van der Waals surface area contributed by atoms with Gasteiger partial charge >= 0.3 is 0 Å². The summed E-state index contributed by atoms with van der Waals surface area (Å²) >= 11 is 0. The summed E-state index contributed by atoms with van der Waals surface area (Å²) in [7, 11) is 0. The summed E-state index contributed by atoms with van der Waals surface area (Å²) < 4.78 is 6.63. The normalized spacial score (nSPS) is 11.5. The van der Waals surface area contributed by atoms with Gasteiger partial charge in [-0.3, -0.25) is 0 Å². The van der Waals surface area contributed by atoms with Crippen LogP contribution in [0.5, 0.6) is 0 Å². The first-order chi connectivity index (χ1) is 31.2. The van der Waals surface area contributed by atoms with Gasteiger partial charge in [-0.25, -0.2) is 15.0 Å². The van der Waals surface area contributed by atoms with E-state index >= 15 is 0 Å². The zero-order valence-electron chi connectivity index (χ0n) is 34.1. The molecule has 0 saturated carbocycles. The Morgan fingerprint density at radius 2 is 0.794 bits per heavy atom. The maximum Gasteiger partial charge on any atom is 0.160 e. The molecule has 0 aliphatic carbocycles. The molecule has 0 saturated heterocycles. The third kappa shape index (κ3) is 6.53. The average Bonchev–Trinajstić information content (AvgIpc) is 3.74. The van der Waals surface area contributed by atoms with Crippen molar-refractivity contribution in [1.82, 2.24) is 15.0 Å². The number of pyridine rings is 1. The van der Waals surface area contributed by atoms with Gasteiger partial charge in [-0.15, -0.1) is 0 Å². The van der Waals surface area contributed by atoms with Gasteiger partial charge in [0.25, 0.3) is 0 Å². The lowest BCUT2D eigenvalue weighted by atomic mass is 9.89. The van der Waals surface area contributed by atoms with Crippen molar-refractivity contribution in [3.63, 3.8) is 0 Å². The van der Waals surface area contributed by atoms with Gasteiger partial charge in [-0.1, -0.05) is 182 Å². The molecule has 0 amide bonds. The number of nitrogens with zero attached hydrogens (tertiary/aromatic N) is 3. The fourth-order valence-corrected chi connectivity index (χ4v) is 9.08. The Bertz CT molecular complexity index is 3670. The van der Waals surface area contributed by atoms with Gasteiger partial charge in [0.05, 0.1) is 22.6 Å². The molecule has 0 aliphatic heterocycles. The van der Waals surface area contributed by atoms with Gasteiger partial charge in [-0.2, -0.15) is 0 Å². The van der Waals surface area contributed by atoms with Crippen molar-refractivity contribution in [2.75, 3.05) is 0 Å². The molecule has 0 N–H and O–H groups in total. The number of furan rings is 1. The van der Waals surface area contributed by atoms with Gasteiger partial charge in [0.15, 0.2) is 5.82 Å². The first kappa shape index (κ1) is 36.4. The van der Waals surface area contributed by atoms with E-state index in [0.717, 1.165) is 116 Å². The SMILES string of the molecule is c1ccc(-c2cccc(-c3cc(-c4ccccc4)nc(-c4cccc(-c5cccc(-c6nc7ccccc7c7c(-c8ccccc8)c8c(cc67)oc6ccccc68)c5)c4)n3)c2)cc1. The molecule has 0 radical (unpaired) electrons. The lowest BCUT2D eigenvalue weighted by Crippen LogP contribution is -1.96. The molecule has 294 valence electrons. The summed E-state index contributed by atoms with van der Waals surface area (Å²) in [5.74, 6) is 0.667. The van der Waals surface area contributed by atoms with Crippen molar-refractivity contribution in [3.05, 3.63) is 224 Å². The Kier molecular flexibility index (Phi) is 8.79. The highest BCUT2D eigenvalue weighted by molar-refractivity contribution is 6.27. The molecule has 12 aromatic rings. The second-order valence-electron chi connectivity index (χ2n) is 15.9. The molecule has 9 aromatic carbocycles. The van der Waals surface area contributed by atoms with Gasteiger partial charge < -0.3 is 4.42 Å². The monoisotopic (exact) mass is 803 g/mol. The van der Waals surface area contributed by atoms with Crippen LogP contribution in [0.4, 0.5) is 0 Å². The van der Waals surface area contributed by atoms with Crippen molar-refractivity contribution in [1.29, 1.82) is 0 Å². The third-order valence-electron chi connectivity index (χ3n) is 12.0. The summed E-state index contributed by atoms with van der Waals surface area (Å²) in [6.45, 7) is 0. The van der Waals surface area contributed by atoms with Crippen LogP contribution in [0.2, 0.25) is 0 Å². The summed E-state index contributed by atoms with van der Waals surface area (Å²) in [5.41, 5.74) is 16.0. The van der Waals surface area contributed by atoms with E-state index in [9.17, 15) is 0 Å². The van der Waals surface area contributed by atoms with Crippen molar-refractivity contribution in [2.45, 2.75) is 0 Å². The summed E-state index contributed by atoms with van der Waals surface area (Å²) in [6.07, 6.45) is 0. The molecule has 0 aliphatic rings. The summed E-state index contributed by atoms with van der Waals surface area (Å²) in [4.78, 5) is 15.8. The van der Waals surface area contributed by atoms with Crippen molar-refractivity contribution >= 4 is 43.6 Å². The van der Waals surface area contributed by atoms with Crippen LogP contribution in [-0.4, -0.2) is 15.0 Å². The summed E-state index contributed by atoms with van der Waals surface area (Å²) in [5, 5.41) is 5.52. The Balaban J connectivity index is 1.02. The molecule has 0 fully saturated rings. The van der Waals surface area contributed by atoms with Crippen LogP contribution < -0.4 is 0 Å². The molecular formula is C59H37N3O. The van der Waals surface area contributed by atoms with E-state index in [2.05, 4.69) is 206 Å². The number of hydrogen-bond acceptors (Lipinski definition) is 4. The molecule has 0 atom stereocenters. The van der Waals surface area contributed by atoms with Crippen LogP contribution in [-0.2, 0) is 0 Å². The molecule has 4 heteroatoms. The smallest absolute Gasteiger partial charge is 0.160 e. The Morgan fingerprint density at radius 3 is 1.52 bits per heavy atom. The van der Waals surface area contributed by atoms with E-state index in [1.54, 1.807) is 0 Å². The van der Waals surface area contributed by atoms with Crippen molar-refractivity contribution in [3.8, 4) is 78.5 Å². The Morgan fingerprint density at radius 1 is 0.286 bits per heavy atom. The molecular weight excluding hydrogens is 767 g/mol. The summed E-state index contributed by atoms with van der Waals surface area (Å²) in [6, 6.07) is 78.5. The first-order valence-electron chi connectivity index (χ1n) is 21.3. The van der Waals surface area contributed by atoms with Crippen LogP contribution in [0.3, 0.4) is 0 Å². The maximum atomic E-state index is 6.63. The highest BCUT2D eigenvalue weighted by Crippen LogP contribution is 2.46. The van der Waals surface area contributed by atoms with Gasteiger partial charge in [0.1, 0.15) is 11.2 Å². The van der Waals surface area contributed by atoms with Gasteiger partial charge in [0.2, 0.25) is 0 Å². The molecule has 12 rings (SSSR count). The van der Waals surface area contributed by atoms with E-state index < -0.39 is 0 Å². The average molecular weight is 804 g/mol. The topological polar surface area (TPSA) is 51.8 Å². The van der Waals surface area contributed by atoms with E-state index in [1.165, 1.54) is 0 Å². The lowest BCUT2D eigenvalue weighted by Gasteiger charge is -2.16. The largest absolute Gasteiger partial charge is 0.456 e. The van der Waals surface area contributed by atoms with E-state index in [4.69, 9.17) is 19.4 Å². The number of hydrogen-bond donors (Lipinski definition) is 0. The molecule has 63 heavy (non-hydrogen) atoms. The minimum Gasteiger partial charge on any atom is -0.456 e. The van der Waals surface area contributed by atoms with E-state index in [-0.39, 0.29) is 0 Å². The lowest BCUT2D eigenvalue weighted by molar-refractivity contribution is 0.669. The minimum absolute atomic E-state index is 0.667. The second kappa shape index (κ2) is 15.2. The van der Waals surface area contributed by atoms with E-state index in [0.29, 0.717) is 5.82 Å². The predicted octanol–water partition coefficient (Wildman–Crippen LogP) is 15.7. The zero-order valence-corrected chi connectivity index (χ0v) is 34.1. The predicted molar refractivity (Wildman–Crippen MR) is 260 cm³/mol. The Hall–Kier alpha value is -8.47. The number of benzene rings is 9. The number of rotatable bonds is 7. The van der Waals surface area contributed by atoms with Crippen molar-refractivity contribution in [2.24, 2.45) is 0 Å². The first-order valence-corrected chi connectivity index (χ1v) is 21.3. The maximum absolute atomic E-state index is 6.63. The molecule has 4 nitrogen and oxygen atoms in total. The van der Waals surface area contributed by atoms with Crippen LogP contribution in [0, 0.1) is 0 Å². The number of para-hydroxylation sites is 2.